The van der Waals surface area contributed by atoms with E-state index in [1.54, 1.807) is 0 Å². The maximum absolute atomic E-state index is 11.6. The van der Waals surface area contributed by atoms with Crippen LogP contribution in [0, 0.1) is 12.3 Å². The molecule has 1 atom stereocenters. The first-order valence-electron chi connectivity index (χ1n) is 6.69. The second kappa shape index (κ2) is 6.35. The highest BCUT2D eigenvalue weighted by atomic mass is 16.5. The van der Waals surface area contributed by atoms with E-state index in [0.29, 0.717) is 19.3 Å². The molecule has 3 amide bonds. The van der Waals surface area contributed by atoms with Gasteiger partial charge in [-0.1, -0.05) is 0 Å². The highest BCUT2D eigenvalue weighted by molar-refractivity contribution is 6.01. The molecule has 0 radical (unpaired) electrons. The number of alkyl carbamates (subject to hydrolysis) is 1. The van der Waals surface area contributed by atoms with Crippen molar-refractivity contribution < 1.29 is 19.1 Å². The molecule has 21 heavy (non-hydrogen) atoms. The summed E-state index contributed by atoms with van der Waals surface area (Å²) >= 11 is 0. The van der Waals surface area contributed by atoms with Crippen LogP contribution in [0.25, 0.3) is 0 Å². The van der Waals surface area contributed by atoms with Gasteiger partial charge < -0.3 is 10.1 Å². The zero-order chi connectivity index (χ0) is 15.3. The smallest absolute Gasteiger partial charge is 0.407 e. The Labute approximate surface area is 121 Å². The number of ether oxygens (including phenoxy) is 1. The van der Waals surface area contributed by atoms with Crippen molar-refractivity contribution in [2.24, 2.45) is 10.2 Å². The predicted molar refractivity (Wildman–Crippen MR) is 70.9 cm³/mol. The lowest BCUT2D eigenvalue weighted by molar-refractivity contribution is -0.134. The summed E-state index contributed by atoms with van der Waals surface area (Å²) < 4.78 is 4.99. The summed E-state index contributed by atoms with van der Waals surface area (Å²) in [6.07, 6.45) is 6.63. The Morgan fingerprint density at radius 3 is 2.86 bits per heavy atom. The van der Waals surface area contributed by atoms with E-state index in [-0.39, 0.29) is 25.4 Å². The van der Waals surface area contributed by atoms with Crippen LogP contribution in [0.2, 0.25) is 0 Å². The van der Waals surface area contributed by atoms with Crippen LogP contribution in [0.3, 0.4) is 0 Å². The molecule has 8 heteroatoms. The molecule has 0 bridgehead atoms. The fraction of sp³-hybridized carbons (Fsp3) is 0.615. The lowest BCUT2D eigenvalue weighted by atomic mass is 10.1. The zero-order valence-corrected chi connectivity index (χ0v) is 11.4. The van der Waals surface area contributed by atoms with Crippen molar-refractivity contribution in [2.45, 2.75) is 43.8 Å². The summed E-state index contributed by atoms with van der Waals surface area (Å²) in [4.78, 5) is 34.0. The Morgan fingerprint density at radius 1 is 1.48 bits per heavy atom. The van der Waals surface area contributed by atoms with Gasteiger partial charge in [-0.05, 0) is 6.42 Å². The van der Waals surface area contributed by atoms with Gasteiger partial charge in [0, 0.05) is 25.7 Å². The van der Waals surface area contributed by atoms with Gasteiger partial charge in [0.1, 0.15) is 6.04 Å². The minimum Gasteiger partial charge on any atom is -0.449 e. The van der Waals surface area contributed by atoms with Gasteiger partial charge >= 0.3 is 6.09 Å². The topological polar surface area (TPSA) is 109 Å². The first kappa shape index (κ1) is 15.0. The number of piperidine rings is 1. The molecule has 2 aliphatic rings. The molecule has 0 aromatic heterocycles. The normalized spacial score (nSPS) is 22.1. The molecule has 2 aliphatic heterocycles. The van der Waals surface area contributed by atoms with Gasteiger partial charge in [0.05, 0.1) is 6.61 Å². The number of carbonyl (C=O) groups excluding carboxylic acids is 3. The molecule has 0 aromatic rings. The molecule has 0 aromatic carbocycles. The Kier molecular flexibility index (Phi) is 4.52. The van der Waals surface area contributed by atoms with Crippen LogP contribution in [0.4, 0.5) is 4.79 Å². The number of hydrogen-bond donors (Lipinski definition) is 2. The molecule has 2 rings (SSSR count). The van der Waals surface area contributed by atoms with Crippen LogP contribution in [0.1, 0.15) is 32.1 Å². The first-order chi connectivity index (χ1) is 10.0. The third kappa shape index (κ3) is 4.27. The Bertz CT molecular complexity index is 517. The Hall–Kier alpha value is -2.43. The van der Waals surface area contributed by atoms with E-state index < -0.39 is 23.7 Å². The van der Waals surface area contributed by atoms with Gasteiger partial charge in [0.2, 0.25) is 11.8 Å². The number of amides is 3. The Morgan fingerprint density at radius 2 is 2.24 bits per heavy atom. The highest BCUT2D eigenvalue weighted by Crippen LogP contribution is 2.36. The van der Waals surface area contributed by atoms with E-state index >= 15 is 0 Å². The maximum Gasteiger partial charge on any atom is 0.407 e. The summed E-state index contributed by atoms with van der Waals surface area (Å²) in [6, 6.07) is -0.735. The molecule has 112 valence electrons. The minimum atomic E-state index is -0.735. The van der Waals surface area contributed by atoms with Crippen LogP contribution in [0.15, 0.2) is 10.2 Å². The lowest BCUT2D eigenvalue weighted by Crippen LogP contribution is -2.52. The zero-order valence-electron chi connectivity index (χ0n) is 11.4. The fourth-order valence-corrected chi connectivity index (χ4v) is 1.99. The first-order valence-corrected chi connectivity index (χ1v) is 6.69. The van der Waals surface area contributed by atoms with Gasteiger partial charge in [-0.25, -0.2) is 4.79 Å². The molecule has 1 unspecified atom stereocenters. The van der Waals surface area contributed by atoms with Crippen LogP contribution >= 0.6 is 0 Å². The van der Waals surface area contributed by atoms with E-state index in [1.165, 1.54) is 0 Å². The van der Waals surface area contributed by atoms with Crippen molar-refractivity contribution in [3.63, 3.8) is 0 Å². The number of carbonyl (C=O) groups is 3. The second-order valence-corrected chi connectivity index (χ2v) is 4.92. The molecule has 0 spiro atoms. The molecule has 1 saturated heterocycles. The largest absolute Gasteiger partial charge is 0.449 e. The minimum absolute atomic E-state index is 0.136. The number of nitrogens with one attached hydrogen (secondary N) is 2. The molecular weight excluding hydrogens is 276 g/mol. The molecule has 1 fully saturated rings. The highest BCUT2D eigenvalue weighted by Gasteiger charge is 2.39. The molecule has 0 saturated carbocycles. The van der Waals surface area contributed by atoms with E-state index in [9.17, 15) is 14.4 Å². The summed E-state index contributed by atoms with van der Waals surface area (Å²) in [5.74, 6) is 1.67. The maximum atomic E-state index is 11.6. The van der Waals surface area contributed by atoms with Gasteiger partial charge in [-0.3, -0.25) is 14.9 Å². The number of hydrogen-bond acceptors (Lipinski definition) is 6. The van der Waals surface area contributed by atoms with Gasteiger partial charge in [-0.2, -0.15) is 10.2 Å². The van der Waals surface area contributed by atoms with E-state index in [0.717, 1.165) is 0 Å². The van der Waals surface area contributed by atoms with Crippen LogP contribution < -0.4 is 10.6 Å². The van der Waals surface area contributed by atoms with Gasteiger partial charge in [0.15, 0.2) is 5.66 Å². The molecule has 8 nitrogen and oxygen atoms in total. The van der Waals surface area contributed by atoms with Crippen molar-refractivity contribution in [2.75, 3.05) is 6.61 Å². The van der Waals surface area contributed by atoms with Crippen LogP contribution in [-0.2, 0) is 14.3 Å². The predicted octanol–water partition coefficient (Wildman–Crippen LogP) is 0.483. The standard InChI is InChI=1S/C13H16N4O4/c1-2-3-6-13(16-17-13)7-8-21-12(20)14-9-4-5-10(18)15-11(9)19/h1,9H,3-8H2,(H,14,20)(H,15,18,19). The van der Waals surface area contributed by atoms with Crippen LogP contribution in [0.5, 0.6) is 0 Å². The number of nitrogens with zero attached hydrogens (tertiary/aromatic N) is 2. The molecular formula is C13H16N4O4. The second-order valence-electron chi connectivity index (χ2n) is 4.92. The summed E-state index contributed by atoms with van der Waals surface area (Å²) in [6.45, 7) is 0.136. The lowest BCUT2D eigenvalue weighted by Gasteiger charge is -2.21. The number of terminal acetylenes is 1. The Balaban J connectivity index is 1.65. The SMILES string of the molecule is C#CCCC1(CCOC(=O)NC2CCC(=O)NC2=O)N=N1. The molecule has 2 heterocycles. The summed E-state index contributed by atoms with van der Waals surface area (Å²) in [7, 11) is 0. The van der Waals surface area contributed by atoms with Gasteiger partial charge in [0.25, 0.3) is 0 Å². The van der Waals surface area contributed by atoms with Crippen molar-refractivity contribution in [1.29, 1.82) is 0 Å². The van der Waals surface area contributed by atoms with Crippen molar-refractivity contribution in [3.8, 4) is 12.3 Å². The third-order valence-corrected chi connectivity index (χ3v) is 3.32. The average Bonchev–Trinajstić information content (AvgIpc) is 3.20. The number of rotatable bonds is 6. The summed E-state index contributed by atoms with van der Waals surface area (Å²) in [5, 5.41) is 12.4. The van der Waals surface area contributed by atoms with Crippen molar-refractivity contribution in [3.05, 3.63) is 0 Å². The quantitative estimate of drug-likeness (QED) is 0.548. The van der Waals surface area contributed by atoms with Crippen molar-refractivity contribution in [1.82, 2.24) is 10.6 Å². The molecule has 0 aliphatic carbocycles. The van der Waals surface area contributed by atoms with E-state index in [2.05, 4.69) is 26.8 Å². The van der Waals surface area contributed by atoms with E-state index in [1.807, 2.05) is 0 Å². The van der Waals surface area contributed by atoms with Crippen molar-refractivity contribution >= 4 is 17.9 Å². The average molecular weight is 292 g/mol. The third-order valence-electron chi connectivity index (χ3n) is 3.32. The molecule has 2 N–H and O–H groups in total. The van der Waals surface area contributed by atoms with E-state index in [4.69, 9.17) is 11.2 Å². The summed E-state index contributed by atoms with van der Waals surface area (Å²) in [5.41, 5.74) is -0.499. The monoisotopic (exact) mass is 292 g/mol. The van der Waals surface area contributed by atoms with Gasteiger partial charge in [-0.15, -0.1) is 12.3 Å². The fourth-order valence-electron chi connectivity index (χ4n) is 1.99. The number of imide groups is 1. The van der Waals surface area contributed by atoms with Crippen LogP contribution in [-0.4, -0.2) is 36.2 Å².